The Bertz CT molecular complexity index is 1270. The maximum absolute atomic E-state index is 12.7. The molecule has 1 aliphatic heterocycles. The van der Waals surface area contributed by atoms with Gasteiger partial charge in [0.25, 0.3) is 0 Å². The second-order valence-electron chi connectivity index (χ2n) is 7.15. The van der Waals surface area contributed by atoms with Gasteiger partial charge in [-0.05, 0) is 47.5 Å². The molecule has 1 amide bonds. The Kier molecular flexibility index (Phi) is 5.47. The van der Waals surface area contributed by atoms with Crippen LogP contribution in [0.5, 0.6) is 11.5 Å². The zero-order valence-corrected chi connectivity index (χ0v) is 17.6. The van der Waals surface area contributed by atoms with Gasteiger partial charge in [-0.15, -0.1) is 0 Å². The predicted octanol–water partition coefficient (Wildman–Crippen LogP) is 5.01. The van der Waals surface area contributed by atoms with Crippen molar-refractivity contribution in [1.29, 1.82) is 0 Å². The third kappa shape index (κ3) is 4.02. The lowest BCUT2D eigenvalue weighted by Crippen LogP contribution is -2.15. The molecule has 0 bridgehead atoms. The summed E-state index contributed by atoms with van der Waals surface area (Å²) in [5.41, 5.74) is 3.53. The normalized spacial score (nSPS) is 12.4. The van der Waals surface area contributed by atoms with Crippen molar-refractivity contribution in [3.8, 4) is 33.9 Å². The molecular weight excluding hydrogens is 430 g/mol. The number of rotatable bonds is 5. The Morgan fingerprint density at radius 1 is 0.969 bits per heavy atom. The van der Waals surface area contributed by atoms with Gasteiger partial charge in [-0.3, -0.25) is 15.1 Å². The quantitative estimate of drug-likeness (QED) is 0.463. The molecule has 1 aliphatic rings. The van der Waals surface area contributed by atoms with Crippen molar-refractivity contribution in [3.05, 3.63) is 77.6 Å². The molecule has 0 aliphatic carbocycles. The van der Waals surface area contributed by atoms with Gasteiger partial charge in [0.2, 0.25) is 11.8 Å². The van der Waals surface area contributed by atoms with Gasteiger partial charge in [0.1, 0.15) is 18.9 Å². The van der Waals surface area contributed by atoms with Gasteiger partial charge in [-0.1, -0.05) is 35.0 Å². The molecule has 0 fully saturated rings. The van der Waals surface area contributed by atoms with Crippen LogP contribution in [0.4, 0.5) is 5.88 Å². The fourth-order valence-electron chi connectivity index (χ4n) is 3.54. The molecule has 2 aromatic heterocycles. The summed E-state index contributed by atoms with van der Waals surface area (Å²) in [7, 11) is 0. The van der Waals surface area contributed by atoms with Crippen molar-refractivity contribution in [2.75, 3.05) is 18.5 Å². The first kappa shape index (κ1) is 20.1. The molecule has 0 radical (unpaired) electrons. The van der Waals surface area contributed by atoms with E-state index < -0.39 is 0 Å². The van der Waals surface area contributed by atoms with E-state index in [0.717, 1.165) is 16.7 Å². The first-order chi connectivity index (χ1) is 15.7. The summed E-state index contributed by atoms with van der Waals surface area (Å²) < 4.78 is 16.9. The highest BCUT2D eigenvalue weighted by Gasteiger charge is 2.23. The van der Waals surface area contributed by atoms with Crippen LogP contribution in [0.3, 0.4) is 0 Å². The second kappa shape index (κ2) is 8.72. The fraction of sp³-hybridized carbons (Fsp3) is 0.125. The molecule has 0 saturated heterocycles. The van der Waals surface area contributed by atoms with Crippen LogP contribution in [0.15, 0.2) is 71.5 Å². The molecule has 0 spiro atoms. The van der Waals surface area contributed by atoms with E-state index in [1.54, 1.807) is 18.5 Å². The first-order valence-corrected chi connectivity index (χ1v) is 10.4. The molecular formula is C24H18ClN3O4. The van der Waals surface area contributed by atoms with Crippen LogP contribution in [0.2, 0.25) is 5.02 Å². The SMILES string of the molecule is O=C(Cc1ccccc1Cl)Nc1onc(-c2ccc3c(c2)OCCO3)c1-c1ccncc1. The number of halogens is 1. The van der Waals surface area contributed by atoms with E-state index in [9.17, 15) is 4.79 Å². The van der Waals surface area contributed by atoms with Gasteiger partial charge in [0, 0.05) is 23.0 Å². The minimum atomic E-state index is -0.265. The number of anilines is 1. The highest BCUT2D eigenvalue weighted by molar-refractivity contribution is 6.31. The van der Waals surface area contributed by atoms with E-state index in [1.807, 2.05) is 48.5 Å². The van der Waals surface area contributed by atoms with Crippen molar-refractivity contribution in [2.24, 2.45) is 0 Å². The van der Waals surface area contributed by atoms with Crippen molar-refractivity contribution < 1.29 is 18.8 Å². The number of nitrogens with zero attached hydrogens (tertiary/aromatic N) is 2. The maximum atomic E-state index is 12.7. The lowest BCUT2D eigenvalue weighted by molar-refractivity contribution is -0.115. The van der Waals surface area contributed by atoms with Crippen LogP contribution in [-0.4, -0.2) is 29.3 Å². The fourth-order valence-corrected chi connectivity index (χ4v) is 3.74. The predicted molar refractivity (Wildman–Crippen MR) is 120 cm³/mol. The van der Waals surface area contributed by atoms with Crippen LogP contribution in [0.1, 0.15) is 5.56 Å². The highest BCUT2D eigenvalue weighted by Crippen LogP contribution is 2.41. The molecule has 0 unspecified atom stereocenters. The Labute approximate surface area is 188 Å². The van der Waals surface area contributed by atoms with Crippen LogP contribution in [-0.2, 0) is 11.2 Å². The molecule has 5 rings (SSSR count). The number of carbonyl (C=O) groups is 1. The number of benzene rings is 2. The monoisotopic (exact) mass is 447 g/mol. The summed E-state index contributed by atoms with van der Waals surface area (Å²) in [5.74, 6) is 1.31. The molecule has 8 heteroatoms. The summed E-state index contributed by atoms with van der Waals surface area (Å²) in [6, 6.07) is 16.5. The van der Waals surface area contributed by atoms with Crippen LogP contribution in [0.25, 0.3) is 22.4 Å². The van der Waals surface area contributed by atoms with E-state index in [1.165, 1.54) is 0 Å². The average molecular weight is 448 g/mol. The van der Waals surface area contributed by atoms with E-state index in [4.69, 9.17) is 25.6 Å². The number of pyridine rings is 1. The maximum Gasteiger partial charge on any atom is 0.239 e. The molecule has 1 N–H and O–H groups in total. The molecule has 160 valence electrons. The molecule has 0 saturated carbocycles. The van der Waals surface area contributed by atoms with E-state index in [0.29, 0.717) is 41.0 Å². The van der Waals surface area contributed by atoms with Crippen LogP contribution in [0, 0.1) is 0 Å². The average Bonchev–Trinajstić information content (AvgIpc) is 3.24. The van der Waals surface area contributed by atoms with Gasteiger partial charge in [-0.25, -0.2) is 0 Å². The topological polar surface area (TPSA) is 86.5 Å². The lowest BCUT2D eigenvalue weighted by atomic mass is 10.0. The number of carbonyl (C=O) groups excluding carboxylic acids is 1. The molecule has 4 aromatic rings. The third-order valence-corrected chi connectivity index (χ3v) is 5.41. The van der Waals surface area contributed by atoms with Crippen molar-refractivity contribution >= 4 is 23.4 Å². The minimum Gasteiger partial charge on any atom is -0.486 e. The molecule has 32 heavy (non-hydrogen) atoms. The van der Waals surface area contributed by atoms with Gasteiger partial charge < -0.3 is 14.0 Å². The van der Waals surface area contributed by atoms with Gasteiger partial charge in [0.15, 0.2) is 11.5 Å². The zero-order chi connectivity index (χ0) is 21.9. The van der Waals surface area contributed by atoms with Crippen molar-refractivity contribution in [2.45, 2.75) is 6.42 Å². The van der Waals surface area contributed by atoms with Gasteiger partial charge >= 0.3 is 0 Å². The molecule has 3 heterocycles. The summed E-state index contributed by atoms with van der Waals surface area (Å²) in [4.78, 5) is 16.8. The van der Waals surface area contributed by atoms with Gasteiger partial charge in [0.05, 0.1) is 12.0 Å². The van der Waals surface area contributed by atoms with Crippen molar-refractivity contribution in [1.82, 2.24) is 10.1 Å². The smallest absolute Gasteiger partial charge is 0.239 e. The Morgan fingerprint density at radius 2 is 1.75 bits per heavy atom. The molecule has 7 nitrogen and oxygen atoms in total. The Hall–Kier alpha value is -3.84. The zero-order valence-electron chi connectivity index (χ0n) is 16.9. The van der Waals surface area contributed by atoms with Crippen molar-refractivity contribution in [3.63, 3.8) is 0 Å². The minimum absolute atomic E-state index is 0.107. The summed E-state index contributed by atoms with van der Waals surface area (Å²) in [6.07, 6.45) is 3.45. The summed E-state index contributed by atoms with van der Waals surface area (Å²) >= 11 is 6.20. The lowest BCUT2D eigenvalue weighted by Gasteiger charge is -2.18. The largest absolute Gasteiger partial charge is 0.486 e. The number of hydrogen-bond acceptors (Lipinski definition) is 6. The summed E-state index contributed by atoms with van der Waals surface area (Å²) in [5, 5.41) is 7.62. The van der Waals surface area contributed by atoms with E-state index >= 15 is 0 Å². The number of nitrogens with one attached hydrogen (secondary N) is 1. The Balaban J connectivity index is 1.51. The van der Waals surface area contributed by atoms with Crippen LogP contribution >= 0.6 is 11.6 Å². The third-order valence-electron chi connectivity index (χ3n) is 5.04. The number of hydrogen-bond donors (Lipinski definition) is 1. The standard InChI is InChI=1S/C24H18ClN3O4/c25-18-4-2-1-3-16(18)14-21(29)27-24-22(15-7-9-26-10-8-15)23(28-32-24)17-5-6-19-20(13-17)31-12-11-30-19/h1-10,13H,11-12,14H2,(H,27,29). The number of aromatic nitrogens is 2. The number of ether oxygens (including phenoxy) is 2. The molecule has 2 aromatic carbocycles. The Morgan fingerprint density at radius 3 is 2.56 bits per heavy atom. The number of amides is 1. The number of fused-ring (bicyclic) bond motifs is 1. The van der Waals surface area contributed by atoms with E-state index in [2.05, 4.69) is 15.5 Å². The van der Waals surface area contributed by atoms with Crippen LogP contribution < -0.4 is 14.8 Å². The molecule has 0 atom stereocenters. The first-order valence-electron chi connectivity index (χ1n) is 10.0. The second-order valence-corrected chi connectivity index (χ2v) is 7.55. The van der Waals surface area contributed by atoms with E-state index in [-0.39, 0.29) is 18.2 Å². The van der Waals surface area contributed by atoms with Gasteiger partial charge in [-0.2, -0.15) is 0 Å². The highest BCUT2D eigenvalue weighted by atomic mass is 35.5. The summed E-state index contributed by atoms with van der Waals surface area (Å²) in [6.45, 7) is 0.996.